The Labute approximate surface area is 88.4 Å². The van der Waals surface area contributed by atoms with Crippen LogP contribution in [0.15, 0.2) is 29.2 Å². The van der Waals surface area contributed by atoms with Crippen molar-refractivity contribution < 1.29 is 4.74 Å². The molecule has 0 aliphatic rings. The predicted octanol–water partition coefficient (Wildman–Crippen LogP) is 3.42. The lowest BCUT2D eigenvalue weighted by Crippen LogP contribution is -1.84. The summed E-state index contributed by atoms with van der Waals surface area (Å²) in [5.41, 5.74) is 0. The lowest BCUT2D eigenvalue weighted by Gasteiger charge is -2.02. The van der Waals surface area contributed by atoms with Crippen LogP contribution in [0.2, 0.25) is 0 Å². The van der Waals surface area contributed by atoms with Gasteiger partial charge in [-0.25, -0.2) is 0 Å². The van der Waals surface area contributed by atoms with E-state index >= 15 is 0 Å². The molecule has 0 unspecified atom stereocenters. The normalized spacial score (nSPS) is 10.0. The lowest BCUT2D eigenvalue weighted by atomic mass is 10.3. The molecule has 0 heterocycles. The van der Waals surface area contributed by atoms with Gasteiger partial charge in [-0.2, -0.15) is 0 Å². The number of hydrogen-bond acceptors (Lipinski definition) is 2. The van der Waals surface area contributed by atoms with Crippen LogP contribution in [-0.4, -0.2) is 18.7 Å². The zero-order valence-corrected chi connectivity index (χ0v) is 9.20. The third-order valence-corrected chi connectivity index (χ3v) is 2.94. The molecular weight excluding hydrogens is 204 g/mol. The van der Waals surface area contributed by atoms with E-state index in [9.17, 15) is 0 Å². The third kappa shape index (κ3) is 3.92. The van der Waals surface area contributed by atoms with Crippen molar-refractivity contribution in [2.45, 2.75) is 11.3 Å². The predicted molar refractivity (Wildman–Crippen MR) is 59.1 cm³/mol. The van der Waals surface area contributed by atoms with E-state index in [4.69, 9.17) is 16.3 Å². The molecule has 0 atom stereocenters. The zero-order valence-electron chi connectivity index (χ0n) is 7.63. The van der Waals surface area contributed by atoms with Crippen LogP contribution < -0.4 is 4.74 Å². The average Bonchev–Trinajstić information content (AvgIpc) is 2.19. The molecule has 0 aliphatic carbocycles. The average molecular weight is 217 g/mol. The topological polar surface area (TPSA) is 9.23 Å². The molecule has 0 bridgehead atoms. The third-order valence-electron chi connectivity index (χ3n) is 1.59. The highest BCUT2D eigenvalue weighted by atomic mass is 35.5. The molecule has 1 aromatic carbocycles. The maximum absolute atomic E-state index is 5.59. The van der Waals surface area contributed by atoms with E-state index in [1.807, 2.05) is 30.0 Å². The van der Waals surface area contributed by atoms with E-state index in [0.29, 0.717) is 0 Å². The molecule has 1 rings (SSSR count). The second-order valence-electron chi connectivity index (χ2n) is 2.57. The van der Waals surface area contributed by atoms with Gasteiger partial charge in [0, 0.05) is 10.8 Å². The van der Waals surface area contributed by atoms with Crippen LogP contribution in [-0.2, 0) is 0 Å². The summed E-state index contributed by atoms with van der Waals surface area (Å²) < 4.78 is 5.12. The highest BCUT2D eigenvalue weighted by molar-refractivity contribution is 7.99. The largest absolute Gasteiger partial charge is 0.497 e. The Morgan fingerprint density at radius 1 is 1.46 bits per heavy atom. The fraction of sp³-hybridized carbons (Fsp3) is 0.400. The number of alkyl halides is 1. The number of rotatable bonds is 5. The molecule has 1 aromatic rings. The van der Waals surface area contributed by atoms with Crippen molar-refractivity contribution >= 4 is 23.4 Å². The van der Waals surface area contributed by atoms with E-state index in [2.05, 4.69) is 6.07 Å². The van der Waals surface area contributed by atoms with Gasteiger partial charge in [-0.3, -0.25) is 0 Å². The summed E-state index contributed by atoms with van der Waals surface area (Å²) in [6, 6.07) is 8.08. The van der Waals surface area contributed by atoms with E-state index < -0.39 is 0 Å². The van der Waals surface area contributed by atoms with Gasteiger partial charge >= 0.3 is 0 Å². The summed E-state index contributed by atoms with van der Waals surface area (Å²) in [5, 5.41) is 0. The molecule has 0 aromatic heterocycles. The summed E-state index contributed by atoms with van der Waals surface area (Å²) in [4.78, 5) is 1.24. The number of thioether (sulfide) groups is 1. The number of hydrogen-bond donors (Lipinski definition) is 0. The van der Waals surface area contributed by atoms with Gasteiger partial charge in [0.2, 0.25) is 0 Å². The second-order valence-corrected chi connectivity index (χ2v) is 4.12. The molecule has 0 saturated heterocycles. The molecule has 0 N–H and O–H groups in total. The smallest absolute Gasteiger partial charge is 0.119 e. The fourth-order valence-corrected chi connectivity index (χ4v) is 2.13. The number of ether oxygens (including phenoxy) is 1. The van der Waals surface area contributed by atoms with Crippen LogP contribution in [0.3, 0.4) is 0 Å². The summed E-state index contributed by atoms with van der Waals surface area (Å²) >= 11 is 7.40. The second kappa shape index (κ2) is 6.17. The Bertz CT molecular complexity index is 252. The van der Waals surface area contributed by atoms with E-state index in [-0.39, 0.29) is 0 Å². The maximum Gasteiger partial charge on any atom is 0.119 e. The van der Waals surface area contributed by atoms with Gasteiger partial charge in [-0.1, -0.05) is 6.07 Å². The first-order valence-corrected chi connectivity index (χ1v) is 5.71. The van der Waals surface area contributed by atoms with Gasteiger partial charge in [0.15, 0.2) is 0 Å². The Kier molecular flexibility index (Phi) is 5.09. The Morgan fingerprint density at radius 3 is 3.00 bits per heavy atom. The summed E-state index contributed by atoms with van der Waals surface area (Å²) in [6.45, 7) is 0. The van der Waals surface area contributed by atoms with E-state index in [1.54, 1.807) is 7.11 Å². The number of halogens is 1. The molecule has 1 nitrogen and oxygen atoms in total. The Morgan fingerprint density at radius 2 is 2.31 bits per heavy atom. The Hall–Kier alpha value is -0.340. The summed E-state index contributed by atoms with van der Waals surface area (Å²) in [6.07, 6.45) is 1.05. The fourth-order valence-electron chi connectivity index (χ4n) is 0.936. The van der Waals surface area contributed by atoms with Gasteiger partial charge in [0.1, 0.15) is 5.75 Å². The SMILES string of the molecule is COc1cccc(SCCCCl)c1. The molecule has 0 saturated carbocycles. The highest BCUT2D eigenvalue weighted by Crippen LogP contribution is 2.23. The monoisotopic (exact) mass is 216 g/mol. The molecular formula is C10H13ClOS. The minimum absolute atomic E-state index is 0.733. The quantitative estimate of drug-likeness (QED) is 0.424. The van der Waals surface area contributed by atoms with Crippen molar-refractivity contribution in [2.75, 3.05) is 18.7 Å². The molecule has 0 amide bonds. The number of methoxy groups -OCH3 is 1. The molecule has 13 heavy (non-hydrogen) atoms. The van der Waals surface area contributed by atoms with Crippen LogP contribution in [0.5, 0.6) is 5.75 Å². The minimum atomic E-state index is 0.733. The zero-order chi connectivity index (χ0) is 9.52. The first-order chi connectivity index (χ1) is 6.36. The van der Waals surface area contributed by atoms with Gasteiger partial charge in [0.05, 0.1) is 7.11 Å². The minimum Gasteiger partial charge on any atom is -0.497 e. The van der Waals surface area contributed by atoms with Crippen LogP contribution >= 0.6 is 23.4 Å². The van der Waals surface area contributed by atoms with Crippen molar-refractivity contribution in [1.82, 2.24) is 0 Å². The maximum atomic E-state index is 5.59. The standard InChI is InChI=1S/C10H13ClOS/c1-12-9-4-2-5-10(8-9)13-7-3-6-11/h2,4-5,8H,3,6-7H2,1H3. The summed E-state index contributed by atoms with van der Waals surface area (Å²) in [5.74, 6) is 2.71. The Balaban J connectivity index is 2.46. The van der Waals surface area contributed by atoms with Gasteiger partial charge < -0.3 is 4.74 Å². The first kappa shape index (κ1) is 10.7. The molecule has 0 spiro atoms. The van der Waals surface area contributed by atoms with Crippen LogP contribution in [0.4, 0.5) is 0 Å². The van der Waals surface area contributed by atoms with Crippen LogP contribution in [0.25, 0.3) is 0 Å². The first-order valence-electron chi connectivity index (χ1n) is 4.19. The van der Waals surface area contributed by atoms with E-state index in [1.165, 1.54) is 4.90 Å². The van der Waals surface area contributed by atoms with Gasteiger partial charge in [-0.15, -0.1) is 23.4 Å². The highest BCUT2D eigenvalue weighted by Gasteiger charge is 1.95. The molecule has 72 valence electrons. The van der Waals surface area contributed by atoms with E-state index in [0.717, 1.165) is 23.8 Å². The molecule has 0 fully saturated rings. The van der Waals surface area contributed by atoms with Crippen molar-refractivity contribution in [1.29, 1.82) is 0 Å². The van der Waals surface area contributed by atoms with Gasteiger partial charge in [0.25, 0.3) is 0 Å². The van der Waals surface area contributed by atoms with Crippen molar-refractivity contribution in [3.05, 3.63) is 24.3 Å². The number of benzene rings is 1. The van der Waals surface area contributed by atoms with Gasteiger partial charge in [-0.05, 0) is 30.4 Å². The molecule has 3 heteroatoms. The molecule has 0 aliphatic heterocycles. The lowest BCUT2D eigenvalue weighted by molar-refractivity contribution is 0.413. The van der Waals surface area contributed by atoms with Crippen LogP contribution in [0, 0.1) is 0 Å². The molecule has 0 radical (unpaired) electrons. The van der Waals surface area contributed by atoms with Crippen molar-refractivity contribution in [3.63, 3.8) is 0 Å². The summed E-state index contributed by atoms with van der Waals surface area (Å²) in [7, 11) is 1.68. The van der Waals surface area contributed by atoms with Crippen molar-refractivity contribution in [2.24, 2.45) is 0 Å². The van der Waals surface area contributed by atoms with Crippen molar-refractivity contribution in [3.8, 4) is 5.75 Å². The van der Waals surface area contributed by atoms with Crippen LogP contribution in [0.1, 0.15) is 6.42 Å².